The summed E-state index contributed by atoms with van der Waals surface area (Å²) >= 11 is 0. The van der Waals surface area contributed by atoms with Gasteiger partial charge in [0, 0.05) is 76.7 Å². The topological polar surface area (TPSA) is 78.9 Å². The van der Waals surface area contributed by atoms with Crippen molar-refractivity contribution in [2.24, 2.45) is 11.8 Å². The second-order valence-corrected chi connectivity index (χ2v) is 7.85. The number of piperazine rings is 1. The molecule has 1 aromatic heterocycles. The summed E-state index contributed by atoms with van der Waals surface area (Å²) in [6.07, 6.45) is 6.69. The zero-order chi connectivity index (χ0) is 19.3. The van der Waals surface area contributed by atoms with Crippen LogP contribution < -0.4 is 4.90 Å². The van der Waals surface area contributed by atoms with E-state index in [-0.39, 0.29) is 23.7 Å². The number of nitrogens with zero attached hydrogens (tertiary/aromatic N) is 5. The van der Waals surface area contributed by atoms with E-state index in [1.54, 1.807) is 12.4 Å². The monoisotopic (exact) mass is 387 g/mol. The normalized spacial score (nSPS) is 22.4. The van der Waals surface area contributed by atoms with Crippen LogP contribution in [0.15, 0.2) is 18.5 Å². The summed E-state index contributed by atoms with van der Waals surface area (Å²) in [4.78, 5) is 40.2. The average molecular weight is 387 g/mol. The number of anilines is 1. The number of piperidine rings is 1. The van der Waals surface area contributed by atoms with Crippen molar-refractivity contribution in [3.05, 3.63) is 18.5 Å². The van der Waals surface area contributed by atoms with Crippen molar-refractivity contribution >= 4 is 17.8 Å². The predicted molar refractivity (Wildman–Crippen MR) is 104 cm³/mol. The molecule has 0 bridgehead atoms. The van der Waals surface area contributed by atoms with Crippen molar-refractivity contribution < 1.29 is 14.3 Å². The largest absolute Gasteiger partial charge is 0.381 e. The molecule has 4 heterocycles. The molecule has 1 aromatic rings. The Hall–Kier alpha value is -2.22. The van der Waals surface area contributed by atoms with Crippen molar-refractivity contribution in [1.82, 2.24) is 19.8 Å². The molecule has 8 nitrogen and oxygen atoms in total. The number of ether oxygens (including phenoxy) is 1. The van der Waals surface area contributed by atoms with E-state index in [0.29, 0.717) is 39.4 Å². The highest BCUT2D eigenvalue weighted by Gasteiger charge is 2.34. The predicted octanol–water partition coefficient (Wildman–Crippen LogP) is 0.790. The lowest BCUT2D eigenvalue weighted by Crippen LogP contribution is -2.52. The van der Waals surface area contributed by atoms with Crippen LogP contribution in [0.25, 0.3) is 0 Å². The number of hydrogen-bond acceptors (Lipinski definition) is 6. The van der Waals surface area contributed by atoms with Gasteiger partial charge >= 0.3 is 0 Å². The molecule has 0 saturated carbocycles. The maximum Gasteiger partial charge on any atom is 0.225 e. The quantitative estimate of drug-likeness (QED) is 0.763. The summed E-state index contributed by atoms with van der Waals surface area (Å²) in [5.74, 6) is 1.37. The zero-order valence-electron chi connectivity index (χ0n) is 16.3. The first kappa shape index (κ1) is 19.1. The van der Waals surface area contributed by atoms with Crippen molar-refractivity contribution in [2.45, 2.75) is 25.7 Å². The Balaban J connectivity index is 1.24. The minimum absolute atomic E-state index is 0.0401. The Kier molecular flexibility index (Phi) is 6.04. The summed E-state index contributed by atoms with van der Waals surface area (Å²) in [7, 11) is 0. The molecule has 0 atom stereocenters. The standard InChI is InChI=1S/C20H29N5O3/c26-18(24-10-12-25(13-11-24)20-21-6-1-7-22-20)16-2-8-23(9-3-16)19(27)17-4-14-28-15-5-17/h1,6-7,16-17H,2-5,8-15H2. The van der Waals surface area contributed by atoms with E-state index >= 15 is 0 Å². The molecule has 3 saturated heterocycles. The number of aromatic nitrogens is 2. The lowest BCUT2D eigenvalue weighted by atomic mass is 9.92. The number of rotatable bonds is 3. The van der Waals surface area contributed by atoms with Gasteiger partial charge < -0.3 is 19.4 Å². The van der Waals surface area contributed by atoms with Gasteiger partial charge in [0.15, 0.2) is 0 Å². The van der Waals surface area contributed by atoms with Crippen LogP contribution in [0.5, 0.6) is 0 Å². The van der Waals surface area contributed by atoms with Gasteiger partial charge in [0.2, 0.25) is 17.8 Å². The average Bonchev–Trinajstić information content (AvgIpc) is 2.79. The van der Waals surface area contributed by atoms with E-state index in [1.807, 2.05) is 15.9 Å². The number of amides is 2. The molecule has 0 aliphatic carbocycles. The fourth-order valence-corrected chi connectivity index (χ4v) is 4.39. The minimum atomic E-state index is 0.0401. The molecule has 3 aliphatic heterocycles. The summed E-state index contributed by atoms with van der Waals surface area (Å²) in [6, 6.07) is 1.81. The Morgan fingerprint density at radius 3 is 1.93 bits per heavy atom. The zero-order valence-corrected chi connectivity index (χ0v) is 16.3. The number of likely N-dealkylation sites (tertiary alicyclic amines) is 1. The smallest absolute Gasteiger partial charge is 0.225 e. The van der Waals surface area contributed by atoms with Crippen LogP contribution in [0.3, 0.4) is 0 Å². The van der Waals surface area contributed by atoms with Gasteiger partial charge in [0.25, 0.3) is 0 Å². The van der Waals surface area contributed by atoms with E-state index in [9.17, 15) is 9.59 Å². The van der Waals surface area contributed by atoms with Crippen LogP contribution >= 0.6 is 0 Å². The van der Waals surface area contributed by atoms with Crippen LogP contribution in [-0.4, -0.2) is 84.1 Å². The summed E-state index contributed by atoms with van der Waals surface area (Å²) in [5.41, 5.74) is 0. The third-order valence-electron chi connectivity index (χ3n) is 6.15. The molecule has 0 unspecified atom stereocenters. The first-order valence-corrected chi connectivity index (χ1v) is 10.4. The van der Waals surface area contributed by atoms with Gasteiger partial charge in [0.05, 0.1) is 0 Å². The SMILES string of the molecule is O=C(C1CCOCC1)N1CCC(C(=O)N2CCN(c3ncccn3)CC2)CC1. The van der Waals surface area contributed by atoms with E-state index in [0.717, 1.165) is 44.7 Å². The van der Waals surface area contributed by atoms with E-state index in [4.69, 9.17) is 4.74 Å². The highest BCUT2D eigenvalue weighted by molar-refractivity contribution is 5.81. The molecule has 8 heteroatoms. The molecule has 0 N–H and O–H groups in total. The summed E-state index contributed by atoms with van der Waals surface area (Å²) < 4.78 is 5.36. The van der Waals surface area contributed by atoms with Crippen LogP contribution in [0.4, 0.5) is 5.95 Å². The van der Waals surface area contributed by atoms with Crippen molar-refractivity contribution in [2.75, 3.05) is 57.4 Å². The first-order valence-electron chi connectivity index (χ1n) is 10.4. The molecule has 0 aromatic carbocycles. The molecule has 4 rings (SSSR count). The lowest BCUT2D eigenvalue weighted by molar-refractivity contribution is -0.144. The van der Waals surface area contributed by atoms with Crippen LogP contribution in [0, 0.1) is 11.8 Å². The Morgan fingerprint density at radius 1 is 0.786 bits per heavy atom. The van der Waals surface area contributed by atoms with Crippen molar-refractivity contribution in [1.29, 1.82) is 0 Å². The van der Waals surface area contributed by atoms with Crippen LogP contribution in [-0.2, 0) is 14.3 Å². The third-order valence-corrected chi connectivity index (χ3v) is 6.15. The van der Waals surface area contributed by atoms with Crippen molar-refractivity contribution in [3.63, 3.8) is 0 Å². The molecule has 0 radical (unpaired) electrons. The second-order valence-electron chi connectivity index (χ2n) is 7.85. The van der Waals surface area contributed by atoms with Gasteiger partial charge in [-0.25, -0.2) is 9.97 Å². The molecule has 152 valence electrons. The van der Waals surface area contributed by atoms with E-state index < -0.39 is 0 Å². The maximum atomic E-state index is 12.9. The molecule has 28 heavy (non-hydrogen) atoms. The minimum Gasteiger partial charge on any atom is -0.381 e. The molecule has 3 fully saturated rings. The number of carbonyl (C=O) groups is 2. The van der Waals surface area contributed by atoms with Gasteiger partial charge in [-0.3, -0.25) is 9.59 Å². The number of carbonyl (C=O) groups excluding carboxylic acids is 2. The fraction of sp³-hybridized carbons (Fsp3) is 0.700. The molecule has 3 aliphatic rings. The van der Waals surface area contributed by atoms with E-state index in [1.165, 1.54) is 0 Å². The van der Waals surface area contributed by atoms with Crippen molar-refractivity contribution in [3.8, 4) is 0 Å². The summed E-state index contributed by atoms with van der Waals surface area (Å²) in [6.45, 7) is 5.70. The van der Waals surface area contributed by atoms with Gasteiger partial charge in [-0.1, -0.05) is 0 Å². The van der Waals surface area contributed by atoms with Crippen LogP contribution in [0.2, 0.25) is 0 Å². The van der Waals surface area contributed by atoms with E-state index in [2.05, 4.69) is 14.9 Å². The lowest BCUT2D eigenvalue weighted by Gasteiger charge is -2.39. The first-order chi connectivity index (χ1) is 13.7. The highest BCUT2D eigenvalue weighted by Crippen LogP contribution is 2.24. The van der Waals surface area contributed by atoms with Gasteiger partial charge in [-0.15, -0.1) is 0 Å². The summed E-state index contributed by atoms with van der Waals surface area (Å²) in [5, 5.41) is 0. The Bertz CT molecular complexity index is 664. The van der Waals surface area contributed by atoms with Crippen LogP contribution in [0.1, 0.15) is 25.7 Å². The molecule has 2 amide bonds. The molecule has 0 spiro atoms. The van der Waals surface area contributed by atoms with Gasteiger partial charge in [-0.2, -0.15) is 0 Å². The Labute approximate surface area is 165 Å². The second kappa shape index (κ2) is 8.86. The van der Waals surface area contributed by atoms with Gasteiger partial charge in [-0.05, 0) is 31.7 Å². The third kappa shape index (κ3) is 4.27. The maximum absolute atomic E-state index is 12.9. The Morgan fingerprint density at radius 2 is 1.32 bits per heavy atom. The fourth-order valence-electron chi connectivity index (χ4n) is 4.39. The van der Waals surface area contributed by atoms with Gasteiger partial charge in [0.1, 0.15) is 0 Å². The highest BCUT2D eigenvalue weighted by atomic mass is 16.5. The molecular formula is C20H29N5O3. The number of hydrogen-bond donors (Lipinski definition) is 0. The molecular weight excluding hydrogens is 358 g/mol.